The van der Waals surface area contributed by atoms with Crippen molar-refractivity contribution >= 4 is 39.5 Å². The van der Waals surface area contributed by atoms with Gasteiger partial charge in [0.1, 0.15) is 19.3 Å². The van der Waals surface area contributed by atoms with Gasteiger partial charge in [-0.1, -0.05) is 318 Å². The highest BCUT2D eigenvalue weighted by Crippen LogP contribution is 2.45. The van der Waals surface area contributed by atoms with E-state index in [1.54, 1.807) is 0 Å². The molecule has 0 bridgehead atoms. The first kappa shape index (κ1) is 90.1. The fourth-order valence-electron chi connectivity index (χ4n) is 11.1. The second-order valence-electron chi connectivity index (χ2n) is 27.8. The number of aliphatic hydroxyl groups is 1. The van der Waals surface area contributed by atoms with Gasteiger partial charge in [0.05, 0.1) is 26.4 Å². The average Bonchev–Trinajstić information content (AvgIpc) is 1.80. The molecule has 546 valence electrons. The first-order valence-corrected chi connectivity index (χ1v) is 40.8. The van der Waals surface area contributed by atoms with Crippen molar-refractivity contribution in [3.63, 3.8) is 0 Å². The van der Waals surface area contributed by atoms with E-state index in [0.717, 1.165) is 108 Å². The average molecular weight is 1350 g/mol. The Hall–Kier alpha value is -1.94. The van der Waals surface area contributed by atoms with Crippen LogP contribution in [0.25, 0.3) is 0 Å². The number of carbonyl (C=O) groups is 4. The summed E-state index contributed by atoms with van der Waals surface area (Å²) in [5, 5.41) is 10.6. The van der Waals surface area contributed by atoms with Gasteiger partial charge in [-0.15, -0.1) is 0 Å². The molecule has 19 heteroatoms. The van der Waals surface area contributed by atoms with Crippen LogP contribution in [0.1, 0.15) is 370 Å². The van der Waals surface area contributed by atoms with Crippen LogP contribution in [-0.4, -0.2) is 96.7 Å². The number of hydrogen-bond acceptors (Lipinski definition) is 15. The Labute approximate surface area is 562 Å². The number of phosphoric ester groups is 2. The zero-order valence-electron chi connectivity index (χ0n) is 60.0. The van der Waals surface area contributed by atoms with Gasteiger partial charge in [0.2, 0.25) is 0 Å². The van der Waals surface area contributed by atoms with Crippen LogP contribution in [0, 0.1) is 17.8 Å². The fourth-order valence-corrected chi connectivity index (χ4v) is 12.7. The molecule has 0 aromatic carbocycles. The standard InChI is InChI=1S/C73H142O17P2/c1-8-9-10-11-12-13-27-33-42-49-56-72(77)90-69(61-84-71(76)55-48-41-36-35-39-46-53-66(6)7)63-88-92(81,82)86-59-67(74)58-85-91(79,80)87-62-68(60-83-70(75)54-47-40-32-28-23-20-19-22-26-31-38-45-52-65(4)5)89-73(78)57-50-43-34-29-24-18-16-14-15-17-21-25-30-37-44-51-64(2)3/h64-69,74H,8-63H2,1-7H3,(H,79,80)(H,81,82)/t67-,68-,69-/m1/s1. The smallest absolute Gasteiger partial charge is 0.462 e. The lowest BCUT2D eigenvalue weighted by Crippen LogP contribution is -2.30. The second kappa shape index (κ2) is 63.8. The Morgan fingerprint density at radius 2 is 0.500 bits per heavy atom. The SMILES string of the molecule is CCCCCCCCCCCCC(=O)O[C@H](COC(=O)CCCCCCCCC(C)C)COP(=O)(O)OC[C@H](O)COP(=O)(O)OC[C@@H](COC(=O)CCCCCCCCCCCCCCC(C)C)OC(=O)CCCCCCCCCCCCCCCCCC(C)C. The molecule has 0 fully saturated rings. The van der Waals surface area contributed by atoms with E-state index in [0.29, 0.717) is 31.6 Å². The van der Waals surface area contributed by atoms with E-state index in [2.05, 4.69) is 48.5 Å². The molecule has 3 N–H and O–H groups in total. The largest absolute Gasteiger partial charge is 0.472 e. The minimum atomic E-state index is -4.96. The number of aliphatic hydroxyl groups excluding tert-OH is 1. The van der Waals surface area contributed by atoms with Crippen LogP contribution in [0.4, 0.5) is 0 Å². The number of carbonyl (C=O) groups excluding carboxylic acids is 4. The Balaban J connectivity index is 5.22. The fraction of sp³-hybridized carbons (Fsp3) is 0.945. The Kier molecular flexibility index (Phi) is 62.4. The highest BCUT2D eigenvalue weighted by molar-refractivity contribution is 7.47. The zero-order valence-corrected chi connectivity index (χ0v) is 61.8. The quantitative estimate of drug-likeness (QED) is 0.0222. The molecule has 0 radical (unpaired) electrons. The van der Waals surface area contributed by atoms with Crippen molar-refractivity contribution in [2.24, 2.45) is 17.8 Å². The Morgan fingerprint density at radius 1 is 0.293 bits per heavy atom. The number of esters is 4. The minimum absolute atomic E-state index is 0.105. The molecule has 0 aliphatic heterocycles. The summed E-state index contributed by atoms with van der Waals surface area (Å²) in [5.41, 5.74) is 0. The lowest BCUT2D eigenvalue weighted by atomic mass is 10.0. The summed E-state index contributed by atoms with van der Waals surface area (Å²) in [6.45, 7) is 11.8. The maximum Gasteiger partial charge on any atom is 0.472 e. The normalized spacial score (nSPS) is 14.1. The molecule has 2 unspecified atom stereocenters. The number of rotatable bonds is 71. The van der Waals surface area contributed by atoms with Gasteiger partial charge in [0, 0.05) is 25.7 Å². The van der Waals surface area contributed by atoms with E-state index in [4.69, 9.17) is 37.0 Å². The second-order valence-corrected chi connectivity index (χ2v) is 30.7. The molecule has 0 spiro atoms. The van der Waals surface area contributed by atoms with E-state index in [-0.39, 0.29) is 25.7 Å². The molecule has 0 aromatic rings. The number of unbranched alkanes of at least 4 members (excludes halogenated alkanes) is 39. The van der Waals surface area contributed by atoms with Gasteiger partial charge in [-0.2, -0.15) is 0 Å². The van der Waals surface area contributed by atoms with Crippen molar-refractivity contribution in [2.75, 3.05) is 39.6 Å². The van der Waals surface area contributed by atoms with Gasteiger partial charge in [0.15, 0.2) is 12.2 Å². The molecular weight excluding hydrogens is 1210 g/mol. The first-order valence-electron chi connectivity index (χ1n) is 37.8. The molecule has 0 aromatic heterocycles. The summed E-state index contributed by atoms with van der Waals surface area (Å²) >= 11 is 0. The van der Waals surface area contributed by atoms with Crippen molar-refractivity contribution in [3.05, 3.63) is 0 Å². The molecule has 0 heterocycles. The first-order chi connectivity index (χ1) is 44.2. The van der Waals surface area contributed by atoms with E-state index >= 15 is 0 Å². The number of ether oxygens (including phenoxy) is 4. The minimum Gasteiger partial charge on any atom is -0.462 e. The molecule has 0 amide bonds. The molecule has 0 aliphatic rings. The molecular formula is C73H142O17P2. The van der Waals surface area contributed by atoms with E-state index in [9.17, 15) is 43.2 Å². The zero-order chi connectivity index (χ0) is 68.0. The van der Waals surface area contributed by atoms with E-state index < -0.39 is 97.5 Å². The summed E-state index contributed by atoms with van der Waals surface area (Å²) < 4.78 is 68.3. The number of phosphoric acid groups is 2. The van der Waals surface area contributed by atoms with Crippen LogP contribution in [-0.2, 0) is 65.4 Å². The third kappa shape index (κ3) is 66.7. The summed E-state index contributed by atoms with van der Waals surface area (Å²) in [6.07, 6.45) is 48.7. The molecule has 0 saturated heterocycles. The molecule has 92 heavy (non-hydrogen) atoms. The van der Waals surface area contributed by atoms with Crippen LogP contribution < -0.4 is 0 Å². The molecule has 5 atom stereocenters. The van der Waals surface area contributed by atoms with Crippen LogP contribution in [0.5, 0.6) is 0 Å². The topological polar surface area (TPSA) is 237 Å². The summed E-state index contributed by atoms with van der Waals surface area (Å²) in [4.78, 5) is 72.6. The third-order valence-corrected chi connectivity index (χ3v) is 18.8. The van der Waals surface area contributed by atoms with Crippen LogP contribution in [0.15, 0.2) is 0 Å². The van der Waals surface area contributed by atoms with Gasteiger partial charge in [-0.3, -0.25) is 37.3 Å². The van der Waals surface area contributed by atoms with Crippen LogP contribution in [0.3, 0.4) is 0 Å². The van der Waals surface area contributed by atoms with Crippen molar-refractivity contribution in [2.45, 2.75) is 388 Å². The van der Waals surface area contributed by atoms with Crippen LogP contribution in [0.2, 0.25) is 0 Å². The highest BCUT2D eigenvalue weighted by atomic mass is 31.2. The maximum absolute atomic E-state index is 13.1. The van der Waals surface area contributed by atoms with Crippen molar-refractivity contribution < 1.29 is 80.2 Å². The van der Waals surface area contributed by atoms with Gasteiger partial charge >= 0.3 is 39.5 Å². The van der Waals surface area contributed by atoms with Crippen LogP contribution >= 0.6 is 15.6 Å². The van der Waals surface area contributed by atoms with Gasteiger partial charge in [0.25, 0.3) is 0 Å². The predicted molar refractivity (Wildman–Crippen MR) is 372 cm³/mol. The lowest BCUT2D eigenvalue weighted by molar-refractivity contribution is -0.161. The van der Waals surface area contributed by atoms with Crippen molar-refractivity contribution in [1.82, 2.24) is 0 Å². The monoisotopic (exact) mass is 1350 g/mol. The molecule has 0 aliphatic carbocycles. The highest BCUT2D eigenvalue weighted by Gasteiger charge is 2.30. The summed E-state index contributed by atoms with van der Waals surface area (Å²) in [5.74, 6) is 0.140. The van der Waals surface area contributed by atoms with Gasteiger partial charge in [-0.05, 0) is 43.4 Å². The molecule has 0 rings (SSSR count). The van der Waals surface area contributed by atoms with Gasteiger partial charge in [-0.25, -0.2) is 9.13 Å². The summed E-state index contributed by atoms with van der Waals surface area (Å²) in [6, 6.07) is 0. The van der Waals surface area contributed by atoms with Crippen molar-refractivity contribution in [3.8, 4) is 0 Å². The van der Waals surface area contributed by atoms with E-state index in [1.165, 1.54) is 173 Å². The van der Waals surface area contributed by atoms with Crippen molar-refractivity contribution in [1.29, 1.82) is 0 Å². The third-order valence-electron chi connectivity index (χ3n) is 16.9. The maximum atomic E-state index is 13.1. The van der Waals surface area contributed by atoms with Gasteiger partial charge < -0.3 is 33.8 Å². The Morgan fingerprint density at radius 3 is 0.739 bits per heavy atom. The Bertz CT molecular complexity index is 1800. The number of hydrogen-bond donors (Lipinski definition) is 3. The predicted octanol–water partition coefficient (Wildman–Crippen LogP) is 21.0. The summed E-state index contributed by atoms with van der Waals surface area (Å²) in [7, 11) is -9.90. The lowest BCUT2D eigenvalue weighted by Gasteiger charge is -2.21. The van der Waals surface area contributed by atoms with E-state index in [1.807, 2.05) is 0 Å². The molecule has 17 nitrogen and oxygen atoms in total. The molecule has 0 saturated carbocycles.